The van der Waals surface area contributed by atoms with Gasteiger partial charge in [0, 0.05) is 18.3 Å². The van der Waals surface area contributed by atoms with Gasteiger partial charge >= 0.3 is 0 Å². The molecule has 0 saturated carbocycles. The minimum atomic E-state index is 0.0669. The molecule has 3 aromatic rings. The van der Waals surface area contributed by atoms with Gasteiger partial charge in [-0.1, -0.05) is 6.07 Å². The first kappa shape index (κ1) is 13.0. The fourth-order valence-electron chi connectivity index (χ4n) is 1.93. The molecule has 6 nitrogen and oxygen atoms in total. The summed E-state index contributed by atoms with van der Waals surface area (Å²) in [5.41, 5.74) is 3.18. The van der Waals surface area contributed by atoms with Crippen molar-refractivity contribution in [1.82, 2.24) is 19.9 Å². The number of anilines is 1. The number of nitrogens with one attached hydrogen (secondary N) is 2. The lowest BCUT2D eigenvalue weighted by Gasteiger charge is -2.05. The van der Waals surface area contributed by atoms with Gasteiger partial charge in [0.25, 0.3) is 0 Å². The molecule has 0 bridgehead atoms. The number of hydrogen-bond acceptors (Lipinski definition) is 5. The predicted molar refractivity (Wildman–Crippen MR) is 80.4 cm³/mol. The molecule has 0 aliphatic carbocycles. The molecule has 7 heteroatoms. The Morgan fingerprint density at radius 2 is 2.20 bits per heavy atom. The summed E-state index contributed by atoms with van der Waals surface area (Å²) in [6.45, 7) is 0.535. The first-order valence-electron chi connectivity index (χ1n) is 6.10. The van der Waals surface area contributed by atoms with Crippen molar-refractivity contribution < 1.29 is 5.11 Å². The summed E-state index contributed by atoms with van der Waals surface area (Å²) in [7, 11) is 0. The summed E-state index contributed by atoms with van der Waals surface area (Å²) in [5, 5.41) is 11.9. The average Bonchev–Trinajstić information content (AvgIpc) is 2.88. The first-order chi connectivity index (χ1) is 9.78. The van der Waals surface area contributed by atoms with Crippen LogP contribution >= 0.6 is 15.9 Å². The van der Waals surface area contributed by atoms with Crippen LogP contribution in [-0.2, 0) is 0 Å². The monoisotopic (exact) mass is 333 g/mol. The molecule has 0 amide bonds. The molecule has 20 heavy (non-hydrogen) atoms. The van der Waals surface area contributed by atoms with E-state index in [0.29, 0.717) is 17.0 Å². The second-order valence-corrected chi connectivity index (χ2v) is 4.96. The summed E-state index contributed by atoms with van der Waals surface area (Å²) in [6.07, 6.45) is 3.49. The number of aromatic amines is 1. The predicted octanol–water partition coefficient (Wildman–Crippen LogP) is 2.19. The molecule has 3 heterocycles. The molecule has 0 unspecified atom stereocenters. The Kier molecular flexibility index (Phi) is 3.62. The van der Waals surface area contributed by atoms with E-state index in [1.54, 1.807) is 6.20 Å². The highest BCUT2D eigenvalue weighted by molar-refractivity contribution is 9.10. The standard InChI is InChI=1S/C13H12BrN5O/c14-10-7-17-13-12(19-10)8(6-16-13)9-2-1-3-11(18-9)15-4-5-20/h1-3,6-7,20H,4-5H2,(H,15,18)(H,16,17). The van der Waals surface area contributed by atoms with E-state index in [0.717, 1.165) is 22.4 Å². The topological polar surface area (TPSA) is 86.7 Å². The second kappa shape index (κ2) is 5.56. The van der Waals surface area contributed by atoms with Gasteiger partial charge in [0.1, 0.15) is 15.9 Å². The van der Waals surface area contributed by atoms with E-state index in [1.807, 2.05) is 24.4 Å². The maximum atomic E-state index is 8.83. The van der Waals surface area contributed by atoms with Crippen LogP contribution in [0.5, 0.6) is 0 Å². The average molecular weight is 334 g/mol. The molecule has 0 fully saturated rings. The minimum absolute atomic E-state index is 0.0669. The Bertz CT molecular complexity index is 742. The van der Waals surface area contributed by atoms with Crippen molar-refractivity contribution in [2.75, 3.05) is 18.5 Å². The van der Waals surface area contributed by atoms with Gasteiger partial charge in [-0.05, 0) is 28.1 Å². The number of nitrogens with zero attached hydrogens (tertiary/aromatic N) is 3. The zero-order valence-electron chi connectivity index (χ0n) is 10.5. The number of hydrogen-bond donors (Lipinski definition) is 3. The number of halogens is 1. The van der Waals surface area contributed by atoms with Gasteiger partial charge in [0.2, 0.25) is 0 Å². The van der Waals surface area contributed by atoms with Gasteiger partial charge in [-0.25, -0.2) is 15.0 Å². The van der Waals surface area contributed by atoms with E-state index in [9.17, 15) is 0 Å². The van der Waals surface area contributed by atoms with Gasteiger partial charge in [-0.3, -0.25) is 0 Å². The Morgan fingerprint density at radius 3 is 3.05 bits per heavy atom. The first-order valence-corrected chi connectivity index (χ1v) is 6.89. The molecule has 0 saturated heterocycles. The molecule has 0 atom stereocenters. The molecule has 3 rings (SSSR count). The fourth-order valence-corrected chi connectivity index (χ4v) is 2.21. The molecule has 3 N–H and O–H groups in total. The third-order valence-electron chi connectivity index (χ3n) is 2.79. The Morgan fingerprint density at radius 1 is 1.30 bits per heavy atom. The Hall–Kier alpha value is -1.99. The van der Waals surface area contributed by atoms with E-state index < -0.39 is 0 Å². The van der Waals surface area contributed by atoms with Crippen molar-refractivity contribution in [3.05, 3.63) is 35.2 Å². The maximum absolute atomic E-state index is 8.83. The van der Waals surface area contributed by atoms with Crippen LogP contribution in [0.25, 0.3) is 22.4 Å². The Balaban J connectivity index is 2.04. The van der Waals surface area contributed by atoms with E-state index >= 15 is 0 Å². The van der Waals surface area contributed by atoms with E-state index in [-0.39, 0.29) is 6.61 Å². The molecule has 0 spiro atoms. The smallest absolute Gasteiger partial charge is 0.156 e. The van der Waals surface area contributed by atoms with Crippen LogP contribution in [0.3, 0.4) is 0 Å². The second-order valence-electron chi connectivity index (χ2n) is 4.15. The van der Waals surface area contributed by atoms with Crippen molar-refractivity contribution in [2.24, 2.45) is 0 Å². The van der Waals surface area contributed by atoms with Crippen molar-refractivity contribution in [2.45, 2.75) is 0 Å². The summed E-state index contributed by atoms with van der Waals surface area (Å²) < 4.78 is 0.681. The lowest BCUT2D eigenvalue weighted by molar-refractivity contribution is 0.311. The van der Waals surface area contributed by atoms with Crippen LogP contribution in [0, 0.1) is 0 Å². The fraction of sp³-hybridized carbons (Fsp3) is 0.154. The van der Waals surface area contributed by atoms with Crippen molar-refractivity contribution in [3.63, 3.8) is 0 Å². The highest BCUT2D eigenvalue weighted by atomic mass is 79.9. The largest absolute Gasteiger partial charge is 0.395 e. The van der Waals surface area contributed by atoms with E-state index in [2.05, 4.69) is 41.2 Å². The zero-order valence-corrected chi connectivity index (χ0v) is 12.1. The summed E-state index contributed by atoms with van der Waals surface area (Å²) in [4.78, 5) is 16.3. The number of rotatable bonds is 4. The SMILES string of the molecule is OCCNc1cccc(-c2c[nH]c3ncc(Br)nc23)n1. The van der Waals surface area contributed by atoms with Crippen LogP contribution in [0.15, 0.2) is 35.2 Å². The zero-order chi connectivity index (χ0) is 13.9. The van der Waals surface area contributed by atoms with Crippen LogP contribution in [0.4, 0.5) is 5.82 Å². The normalized spacial score (nSPS) is 10.9. The highest BCUT2D eigenvalue weighted by Gasteiger charge is 2.10. The molecule has 3 aromatic heterocycles. The van der Waals surface area contributed by atoms with Gasteiger partial charge in [-0.2, -0.15) is 0 Å². The maximum Gasteiger partial charge on any atom is 0.156 e. The molecule has 102 valence electrons. The highest BCUT2D eigenvalue weighted by Crippen LogP contribution is 2.26. The van der Waals surface area contributed by atoms with Crippen molar-refractivity contribution >= 4 is 32.9 Å². The molecular weight excluding hydrogens is 322 g/mol. The summed E-state index contributed by atoms with van der Waals surface area (Å²) in [5.74, 6) is 0.717. The number of H-pyrrole nitrogens is 1. The van der Waals surface area contributed by atoms with Crippen molar-refractivity contribution in [1.29, 1.82) is 0 Å². The van der Waals surface area contributed by atoms with Gasteiger partial charge in [-0.15, -0.1) is 0 Å². The molecule has 0 radical (unpaired) electrons. The number of aromatic nitrogens is 4. The molecular formula is C13H12BrN5O. The third kappa shape index (κ3) is 2.50. The third-order valence-corrected chi connectivity index (χ3v) is 3.18. The van der Waals surface area contributed by atoms with Gasteiger partial charge < -0.3 is 15.4 Å². The number of pyridine rings is 1. The minimum Gasteiger partial charge on any atom is -0.395 e. The molecule has 0 aromatic carbocycles. The molecule has 0 aliphatic heterocycles. The van der Waals surface area contributed by atoms with Crippen molar-refractivity contribution in [3.8, 4) is 11.3 Å². The Labute approximate surface area is 123 Å². The lowest BCUT2D eigenvalue weighted by Crippen LogP contribution is -2.06. The summed E-state index contributed by atoms with van der Waals surface area (Å²) in [6, 6.07) is 5.68. The van der Waals surface area contributed by atoms with Crippen LogP contribution < -0.4 is 5.32 Å². The van der Waals surface area contributed by atoms with Gasteiger partial charge in [0.05, 0.1) is 18.5 Å². The number of fused-ring (bicyclic) bond motifs is 1. The number of aliphatic hydroxyl groups is 1. The van der Waals surface area contributed by atoms with E-state index in [4.69, 9.17) is 5.11 Å². The quantitative estimate of drug-likeness (QED) is 0.681. The van der Waals surface area contributed by atoms with Crippen LogP contribution in [0.1, 0.15) is 0 Å². The van der Waals surface area contributed by atoms with E-state index in [1.165, 1.54) is 0 Å². The van der Waals surface area contributed by atoms with Gasteiger partial charge in [0.15, 0.2) is 5.65 Å². The summed E-state index contributed by atoms with van der Waals surface area (Å²) >= 11 is 3.32. The van der Waals surface area contributed by atoms with Crippen LogP contribution in [0.2, 0.25) is 0 Å². The number of aliphatic hydroxyl groups excluding tert-OH is 1. The molecule has 0 aliphatic rings. The lowest BCUT2D eigenvalue weighted by atomic mass is 10.2. The van der Waals surface area contributed by atoms with Crippen LogP contribution in [-0.4, -0.2) is 38.2 Å².